The normalized spacial score (nSPS) is 22.2. The van der Waals surface area contributed by atoms with Crippen molar-refractivity contribution >= 4 is 17.4 Å². The molecule has 0 aromatic carbocycles. The summed E-state index contributed by atoms with van der Waals surface area (Å²) in [5.41, 5.74) is 0.760. The first-order valence-electron chi connectivity index (χ1n) is 9.45. The van der Waals surface area contributed by atoms with E-state index in [9.17, 15) is 4.79 Å². The van der Waals surface area contributed by atoms with E-state index in [-0.39, 0.29) is 5.92 Å². The zero-order valence-corrected chi connectivity index (χ0v) is 14.9. The smallest absolute Gasteiger partial charge is 0.227 e. The highest BCUT2D eigenvalue weighted by Crippen LogP contribution is 2.24. The number of rotatable bonds is 2. The highest BCUT2D eigenvalue weighted by Gasteiger charge is 2.30. The van der Waals surface area contributed by atoms with Crippen molar-refractivity contribution in [3.63, 3.8) is 0 Å². The molecule has 0 saturated carbocycles. The summed E-state index contributed by atoms with van der Waals surface area (Å²) in [6.07, 6.45) is 6.82. The van der Waals surface area contributed by atoms with Crippen LogP contribution in [0.3, 0.4) is 0 Å². The highest BCUT2D eigenvalue weighted by atomic mass is 16.2. The summed E-state index contributed by atoms with van der Waals surface area (Å²) in [5.74, 6) is 2.12. The molecular weight excluding hydrogens is 316 g/mol. The van der Waals surface area contributed by atoms with Gasteiger partial charge in [0.2, 0.25) is 5.91 Å². The molecule has 134 valence electrons. The molecule has 1 amide bonds. The van der Waals surface area contributed by atoms with Gasteiger partial charge in [0.1, 0.15) is 5.82 Å². The van der Waals surface area contributed by atoms with E-state index in [0.29, 0.717) is 5.91 Å². The van der Waals surface area contributed by atoms with Gasteiger partial charge >= 0.3 is 0 Å². The first kappa shape index (κ1) is 16.3. The molecule has 25 heavy (non-hydrogen) atoms. The largest absolute Gasteiger partial charge is 0.354 e. The number of piperidine rings is 1. The zero-order valence-electron chi connectivity index (χ0n) is 14.9. The molecule has 0 radical (unpaired) electrons. The second kappa shape index (κ2) is 6.98. The fourth-order valence-electron chi connectivity index (χ4n) is 3.99. The van der Waals surface area contributed by atoms with Gasteiger partial charge in [0.15, 0.2) is 11.5 Å². The number of aromatic nitrogens is 4. The first-order chi connectivity index (χ1) is 12.2. The van der Waals surface area contributed by atoms with Gasteiger partial charge < -0.3 is 9.80 Å². The Balaban J connectivity index is 1.49. The van der Waals surface area contributed by atoms with E-state index in [2.05, 4.69) is 25.1 Å². The van der Waals surface area contributed by atoms with Crippen LogP contribution in [-0.2, 0) is 4.79 Å². The molecule has 0 N–H and O–H groups in total. The molecule has 4 rings (SSSR count). The third-order valence-electron chi connectivity index (χ3n) is 5.42. The maximum atomic E-state index is 13.0. The van der Waals surface area contributed by atoms with E-state index in [0.717, 1.165) is 69.2 Å². The average molecular weight is 342 g/mol. The monoisotopic (exact) mass is 342 g/mol. The number of fused-ring (bicyclic) bond motifs is 1. The van der Waals surface area contributed by atoms with E-state index in [1.54, 1.807) is 4.52 Å². The van der Waals surface area contributed by atoms with E-state index in [1.165, 1.54) is 12.8 Å². The van der Waals surface area contributed by atoms with Crippen LogP contribution in [0.5, 0.6) is 0 Å². The van der Waals surface area contributed by atoms with Crippen molar-refractivity contribution in [2.75, 3.05) is 31.1 Å². The van der Waals surface area contributed by atoms with E-state index in [1.807, 2.05) is 19.1 Å². The minimum absolute atomic E-state index is 0.0892. The SMILES string of the molecule is Cc1nnc2ccc(N3CCC[C@@H](C(=O)N4CCCCCC4)C3)nn12. The predicted octanol–water partition coefficient (Wildman–Crippen LogP) is 2.05. The molecule has 2 aromatic rings. The molecule has 2 fully saturated rings. The summed E-state index contributed by atoms with van der Waals surface area (Å²) in [6, 6.07) is 3.94. The number of carbonyl (C=O) groups excluding carboxylic acids is 1. The lowest BCUT2D eigenvalue weighted by Crippen LogP contribution is -2.45. The molecule has 0 bridgehead atoms. The Morgan fingerprint density at radius 3 is 2.64 bits per heavy atom. The third kappa shape index (κ3) is 3.32. The fourth-order valence-corrected chi connectivity index (χ4v) is 3.99. The van der Waals surface area contributed by atoms with Crippen LogP contribution in [0, 0.1) is 12.8 Å². The zero-order chi connectivity index (χ0) is 17.2. The first-order valence-corrected chi connectivity index (χ1v) is 9.45. The maximum absolute atomic E-state index is 13.0. The minimum atomic E-state index is 0.0892. The lowest BCUT2D eigenvalue weighted by Gasteiger charge is -2.35. The van der Waals surface area contributed by atoms with E-state index in [4.69, 9.17) is 0 Å². The van der Waals surface area contributed by atoms with Gasteiger partial charge in [-0.2, -0.15) is 4.52 Å². The molecule has 0 aliphatic carbocycles. The second-order valence-electron chi connectivity index (χ2n) is 7.23. The molecule has 7 heteroatoms. The van der Waals surface area contributed by atoms with E-state index >= 15 is 0 Å². The Morgan fingerprint density at radius 2 is 1.84 bits per heavy atom. The summed E-state index contributed by atoms with van der Waals surface area (Å²) in [6.45, 7) is 5.47. The Bertz CT molecular complexity index is 749. The second-order valence-corrected chi connectivity index (χ2v) is 7.23. The Morgan fingerprint density at radius 1 is 1.04 bits per heavy atom. The molecule has 2 aliphatic heterocycles. The number of nitrogens with zero attached hydrogens (tertiary/aromatic N) is 6. The standard InChI is InChI=1S/C18H26N6O/c1-14-19-20-16-8-9-17(21-24(14)16)23-12-6-7-15(13-23)18(25)22-10-4-2-3-5-11-22/h8-9,15H,2-7,10-13H2,1H3/t15-/m1/s1. The van der Waals surface area contributed by atoms with Crippen molar-refractivity contribution in [1.82, 2.24) is 24.7 Å². The Hall–Kier alpha value is -2.18. The van der Waals surface area contributed by atoms with Gasteiger partial charge in [-0.25, -0.2) is 0 Å². The van der Waals surface area contributed by atoms with Crippen LogP contribution < -0.4 is 4.90 Å². The molecular formula is C18H26N6O. The average Bonchev–Trinajstić information content (AvgIpc) is 2.86. The number of hydrogen-bond acceptors (Lipinski definition) is 5. The molecule has 7 nitrogen and oxygen atoms in total. The van der Waals surface area contributed by atoms with Crippen molar-refractivity contribution in [1.29, 1.82) is 0 Å². The topological polar surface area (TPSA) is 66.6 Å². The van der Waals surface area contributed by atoms with Crippen LogP contribution in [0.2, 0.25) is 0 Å². The fraction of sp³-hybridized carbons (Fsp3) is 0.667. The molecule has 0 spiro atoms. The molecule has 2 saturated heterocycles. The van der Waals surface area contributed by atoms with Crippen LogP contribution in [-0.4, -0.2) is 56.8 Å². The molecule has 0 unspecified atom stereocenters. The number of aryl methyl sites for hydroxylation is 1. The van der Waals surface area contributed by atoms with Crippen LogP contribution in [0.4, 0.5) is 5.82 Å². The minimum Gasteiger partial charge on any atom is -0.354 e. The number of likely N-dealkylation sites (tertiary alicyclic amines) is 1. The van der Waals surface area contributed by atoms with Gasteiger partial charge in [-0.1, -0.05) is 12.8 Å². The maximum Gasteiger partial charge on any atom is 0.227 e. The van der Waals surface area contributed by atoms with E-state index < -0.39 is 0 Å². The Labute approximate surface area is 148 Å². The van der Waals surface area contributed by atoms with Crippen molar-refractivity contribution in [3.8, 4) is 0 Å². The third-order valence-corrected chi connectivity index (χ3v) is 5.42. The highest BCUT2D eigenvalue weighted by molar-refractivity contribution is 5.79. The van der Waals surface area contributed by atoms with Crippen LogP contribution >= 0.6 is 0 Å². The summed E-state index contributed by atoms with van der Waals surface area (Å²) in [5, 5.41) is 12.8. The number of hydrogen-bond donors (Lipinski definition) is 0. The molecule has 2 aliphatic rings. The molecule has 2 aromatic heterocycles. The predicted molar refractivity (Wildman–Crippen MR) is 95.5 cm³/mol. The molecule has 4 heterocycles. The number of amides is 1. The van der Waals surface area contributed by atoms with Crippen LogP contribution in [0.15, 0.2) is 12.1 Å². The van der Waals surface area contributed by atoms with Gasteiger partial charge in [0.05, 0.1) is 5.92 Å². The summed E-state index contributed by atoms with van der Waals surface area (Å²) in [4.78, 5) is 17.3. The van der Waals surface area contributed by atoms with Crippen molar-refractivity contribution in [3.05, 3.63) is 18.0 Å². The molecule has 1 atom stereocenters. The number of anilines is 1. The van der Waals surface area contributed by atoms with Crippen molar-refractivity contribution in [2.45, 2.75) is 45.4 Å². The summed E-state index contributed by atoms with van der Waals surface area (Å²) in [7, 11) is 0. The van der Waals surface area contributed by atoms with Gasteiger partial charge in [0.25, 0.3) is 0 Å². The summed E-state index contributed by atoms with van der Waals surface area (Å²) < 4.78 is 1.77. The number of carbonyl (C=O) groups is 1. The van der Waals surface area contributed by atoms with Crippen LogP contribution in [0.25, 0.3) is 5.65 Å². The summed E-state index contributed by atoms with van der Waals surface area (Å²) >= 11 is 0. The van der Waals surface area contributed by atoms with Gasteiger partial charge in [-0.15, -0.1) is 15.3 Å². The quantitative estimate of drug-likeness (QED) is 0.836. The van der Waals surface area contributed by atoms with Crippen molar-refractivity contribution in [2.24, 2.45) is 5.92 Å². The lowest BCUT2D eigenvalue weighted by molar-refractivity contribution is -0.135. The lowest BCUT2D eigenvalue weighted by atomic mass is 9.96. The van der Waals surface area contributed by atoms with Crippen molar-refractivity contribution < 1.29 is 4.79 Å². The van der Waals surface area contributed by atoms with Gasteiger partial charge in [-0.3, -0.25) is 4.79 Å². The van der Waals surface area contributed by atoms with Crippen LogP contribution in [0.1, 0.15) is 44.3 Å². The van der Waals surface area contributed by atoms with Gasteiger partial charge in [-0.05, 0) is 44.7 Å². The Kier molecular flexibility index (Phi) is 4.55. The van der Waals surface area contributed by atoms with Gasteiger partial charge in [0, 0.05) is 26.2 Å².